The minimum Gasteiger partial charge on any atom is -0.387 e. The molecule has 0 heterocycles. The fraction of sp³-hybridized carbons (Fsp3) is 0.875. The van der Waals surface area contributed by atoms with Crippen LogP contribution in [0.1, 0.15) is 20.8 Å². The van der Waals surface area contributed by atoms with Crippen LogP contribution in [0.15, 0.2) is 10.3 Å². The molecule has 0 rings (SSSR count). The van der Waals surface area contributed by atoms with Gasteiger partial charge in [-0.2, -0.15) is 31.2 Å². The maximum Gasteiger partial charge on any atom is 0.441 e. The predicted octanol–water partition coefficient (Wildman–Crippen LogP) is 3.42. The van der Waals surface area contributed by atoms with Gasteiger partial charge in [-0.05, 0) is 20.8 Å². The quantitative estimate of drug-likeness (QED) is 0.343. The number of nitrogens with zero attached hydrogens (tertiary/aromatic N) is 2. The van der Waals surface area contributed by atoms with Crippen LogP contribution in [0.2, 0.25) is 0 Å². The molecule has 0 amide bonds. The molecule has 0 spiro atoms. The third-order valence-electron chi connectivity index (χ3n) is 2.07. The average molecular weight is 280 g/mol. The largest absolute Gasteiger partial charge is 0.441 e. The highest BCUT2D eigenvalue weighted by atomic mass is 19.4. The van der Waals surface area contributed by atoms with Crippen LogP contribution in [0.4, 0.5) is 26.3 Å². The molecule has 0 aromatic rings. The molecule has 0 fully saturated rings. The summed E-state index contributed by atoms with van der Waals surface area (Å²) in [6.45, 7) is 3.35. The van der Waals surface area contributed by atoms with E-state index < -0.39 is 29.7 Å². The van der Waals surface area contributed by atoms with E-state index in [1.807, 2.05) is 0 Å². The Morgan fingerprint density at radius 1 is 1.06 bits per heavy atom. The lowest BCUT2D eigenvalue weighted by atomic mass is 10.0. The molecule has 0 aliphatic carbocycles. The Labute approximate surface area is 97.9 Å². The van der Waals surface area contributed by atoms with Crippen molar-refractivity contribution in [3.63, 3.8) is 0 Å². The number of hydrogen-bond donors (Lipinski definition) is 0. The molecule has 10 heteroatoms. The Morgan fingerprint density at radius 3 is 1.72 bits per heavy atom. The number of halogens is 6. The van der Waals surface area contributed by atoms with Crippen molar-refractivity contribution < 1.29 is 31.2 Å². The fourth-order valence-corrected chi connectivity index (χ4v) is 0.631. The van der Waals surface area contributed by atoms with Crippen molar-refractivity contribution in [2.45, 2.75) is 44.8 Å². The van der Waals surface area contributed by atoms with Crippen molar-refractivity contribution in [2.24, 2.45) is 10.3 Å². The van der Waals surface area contributed by atoms with Crippen molar-refractivity contribution in [3.8, 4) is 0 Å². The molecule has 0 aliphatic rings. The monoisotopic (exact) mass is 280 g/mol. The van der Waals surface area contributed by atoms with Gasteiger partial charge in [0, 0.05) is 0 Å². The highest BCUT2D eigenvalue weighted by molar-refractivity contribution is 5.94. The molecule has 1 unspecified atom stereocenters. The standard InChI is InChI=1S/C8H10F6N2O2/c1-4(15-17)6(2,3)18-16-5(7(9,10)11)8(12,13)14/h4H,1-3H3. The Hall–Kier alpha value is -1.35. The topological polar surface area (TPSA) is 51.0 Å². The highest BCUT2D eigenvalue weighted by Crippen LogP contribution is 2.31. The van der Waals surface area contributed by atoms with Gasteiger partial charge in [0.2, 0.25) is 0 Å². The van der Waals surface area contributed by atoms with Gasteiger partial charge in [-0.15, -0.1) is 0 Å². The van der Waals surface area contributed by atoms with Crippen molar-refractivity contribution in [1.29, 1.82) is 0 Å². The zero-order chi connectivity index (χ0) is 14.8. The minimum atomic E-state index is -5.70. The van der Waals surface area contributed by atoms with Crippen molar-refractivity contribution in [1.82, 2.24) is 0 Å². The lowest BCUT2D eigenvalue weighted by molar-refractivity contribution is -0.127. The summed E-state index contributed by atoms with van der Waals surface area (Å²) in [4.78, 5) is 14.3. The molecular weight excluding hydrogens is 270 g/mol. The van der Waals surface area contributed by atoms with E-state index >= 15 is 0 Å². The molecule has 0 saturated carbocycles. The Morgan fingerprint density at radius 2 is 1.44 bits per heavy atom. The van der Waals surface area contributed by atoms with E-state index in [-0.39, 0.29) is 0 Å². The zero-order valence-corrected chi connectivity index (χ0v) is 9.56. The van der Waals surface area contributed by atoms with Gasteiger partial charge in [0.1, 0.15) is 6.04 Å². The summed E-state index contributed by atoms with van der Waals surface area (Å²) in [5, 5.41) is 4.53. The number of nitroso groups, excluding NO2 is 1. The summed E-state index contributed by atoms with van der Waals surface area (Å²) < 4.78 is 72.3. The molecule has 0 radical (unpaired) electrons. The van der Waals surface area contributed by atoms with Crippen LogP contribution >= 0.6 is 0 Å². The second kappa shape index (κ2) is 5.11. The first-order valence-corrected chi connectivity index (χ1v) is 4.55. The molecule has 4 nitrogen and oxygen atoms in total. The number of rotatable bonds is 4. The number of hydrogen-bond acceptors (Lipinski definition) is 4. The summed E-state index contributed by atoms with van der Waals surface area (Å²) in [5.41, 5.74) is -4.72. The third kappa shape index (κ3) is 4.49. The normalized spacial score (nSPS) is 14.9. The van der Waals surface area contributed by atoms with Gasteiger partial charge in [-0.3, -0.25) is 0 Å². The van der Waals surface area contributed by atoms with E-state index in [0.29, 0.717) is 0 Å². The smallest absolute Gasteiger partial charge is 0.387 e. The second-order valence-corrected chi connectivity index (χ2v) is 3.91. The first kappa shape index (κ1) is 16.6. The van der Waals surface area contributed by atoms with Crippen molar-refractivity contribution >= 4 is 5.71 Å². The van der Waals surface area contributed by atoms with E-state index in [9.17, 15) is 31.2 Å². The Kier molecular flexibility index (Phi) is 4.72. The molecule has 0 bridgehead atoms. The van der Waals surface area contributed by atoms with E-state index in [4.69, 9.17) is 0 Å². The molecule has 18 heavy (non-hydrogen) atoms. The molecule has 0 aromatic heterocycles. The number of alkyl halides is 6. The molecule has 0 saturated heterocycles. The van der Waals surface area contributed by atoms with Crippen LogP contribution in [-0.4, -0.2) is 29.7 Å². The van der Waals surface area contributed by atoms with Crippen LogP contribution in [0.25, 0.3) is 0 Å². The van der Waals surface area contributed by atoms with Gasteiger partial charge in [0.05, 0.1) is 0 Å². The summed E-state index contributed by atoms with van der Waals surface area (Å²) in [6.07, 6.45) is -11.4. The number of oxime groups is 1. The minimum absolute atomic E-state index is 1.09. The predicted molar refractivity (Wildman–Crippen MR) is 50.0 cm³/mol. The van der Waals surface area contributed by atoms with Crippen molar-refractivity contribution in [3.05, 3.63) is 4.91 Å². The molecule has 0 N–H and O–H groups in total. The molecular formula is C8H10F6N2O2. The van der Waals surface area contributed by atoms with Gasteiger partial charge in [-0.1, -0.05) is 10.3 Å². The van der Waals surface area contributed by atoms with Gasteiger partial charge < -0.3 is 4.84 Å². The second-order valence-electron chi connectivity index (χ2n) is 3.91. The maximum absolute atomic E-state index is 12.1. The lowest BCUT2D eigenvalue weighted by Crippen LogP contribution is -2.40. The van der Waals surface area contributed by atoms with E-state index in [1.165, 1.54) is 6.92 Å². The molecule has 1 atom stereocenters. The average Bonchev–Trinajstić information content (AvgIpc) is 2.11. The molecule has 0 aliphatic heterocycles. The lowest BCUT2D eigenvalue weighted by Gasteiger charge is -2.25. The fourth-order valence-electron chi connectivity index (χ4n) is 0.631. The van der Waals surface area contributed by atoms with E-state index in [2.05, 4.69) is 15.2 Å². The first-order valence-electron chi connectivity index (χ1n) is 4.55. The Balaban J connectivity index is 5.20. The maximum atomic E-state index is 12.1. The highest BCUT2D eigenvalue weighted by Gasteiger charge is 2.54. The molecule has 0 aromatic carbocycles. The van der Waals surface area contributed by atoms with Crippen LogP contribution in [0, 0.1) is 4.91 Å². The third-order valence-corrected chi connectivity index (χ3v) is 2.07. The first-order chi connectivity index (χ1) is 7.82. The summed E-state index contributed by atoms with van der Waals surface area (Å²) in [7, 11) is 0. The Bertz CT molecular complexity index is 317. The summed E-state index contributed by atoms with van der Waals surface area (Å²) in [5.74, 6) is 0. The molecule has 106 valence electrons. The van der Waals surface area contributed by atoms with E-state index in [0.717, 1.165) is 13.8 Å². The van der Waals surface area contributed by atoms with Crippen LogP contribution in [0.3, 0.4) is 0 Å². The van der Waals surface area contributed by atoms with Crippen molar-refractivity contribution in [2.75, 3.05) is 0 Å². The van der Waals surface area contributed by atoms with Gasteiger partial charge in [0.25, 0.3) is 5.71 Å². The van der Waals surface area contributed by atoms with Crippen LogP contribution in [-0.2, 0) is 4.84 Å². The summed E-state index contributed by atoms with van der Waals surface area (Å²) >= 11 is 0. The van der Waals surface area contributed by atoms with Gasteiger partial charge >= 0.3 is 12.4 Å². The zero-order valence-electron chi connectivity index (χ0n) is 9.56. The SMILES string of the molecule is CC(N=O)C(C)(C)ON=C(C(F)(F)F)C(F)(F)F. The van der Waals surface area contributed by atoms with E-state index in [1.54, 1.807) is 0 Å². The van der Waals surface area contributed by atoms with Crippen LogP contribution < -0.4 is 0 Å². The van der Waals surface area contributed by atoms with Gasteiger partial charge in [-0.25, -0.2) is 0 Å². The van der Waals surface area contributed by atoms with Gasteiger partial charge in [0.15, 0.2) is 5.60 Å². The summed E-state index contributed by atoms with van der Waals surface area (Å²) in [6, 6.07) is -1.18. The van der Waals surface area contributed by atoms with Crippen LogP contribution in [0.5, 0.6) is 0 Å².